The van der Waals surface area contributed by atoms with E-state index in [4.69, 9.17) is 5.73 Å². The third-order valence-corrected chi connectivity index (χ3v) is 9.60. The number of rotatable bonds is 4. The van der Waals surface area contributed by atoms with Crippen molar-refractivity contribution in [2.75, 3.05) is 0 Å². The molecule has 4 rings (SSSR count). The molecular weight excluding hydrogens is 338 g/mol. The van der Waals surface area contributed by atoms with Gasteiger partial charge in [-0.3, -0.25) is 4.79 Å². The molecule has 10 unspecified atom stereocenters. The monoisotopic (exact) mass is 377 g/mol. The van der Waals surface area contributed by atoms with Crippen molar-refractivity contribution in [3.63, 3.8) is 0 Å². The SMILES string of the molecule is CC(CCC(N)=O)C1CCC2C1CCC1C2C(O)CC2CC(O)CCC21C. The van der Waals surface area contributed by atoms with Crippen molar-refractivity contribution >= 4 is 5.91 Å². The van der Waals surface area contributed by atoms with Crippen LogP contribution in [0.5, 0.6) is 0 Å². The maximum Gasteiger partial charge on any atom is 0.217 e. The van der Waals surface area contributed by atoms with Gasteiger partial charge in [-0.1, -0.05) is 13.8 Å². The van der Waals surface area contributed by atoms with Gasteiger partial charge in [-0.25, -0.2) is 0 Å². The number of primary amides is 1. The number of aliphatic hydroxyl groups is 2. The maximum absolute atomic E-state index is 11.2. The van der Waals surface area contributed by atoms with E-state index < -0.39 is 0 Å². The first-order valence-corrected chi connectivity index (χ1v) is 11.5. The number of fused-ring (bicyclic) bond motifs is 5. The average Bonchev–Trinajstić information content (AvgIpc) is 3.05. The fraction of sp³-hybridized carbons (Fsp3) is 0.957. The minimum absolute atomic E-state index is 0.162. The van der Waals surface area contributed by atoms with Crippen molar-refractivity contribution in [3.05, 3.63) is 0 Å². The zero-order valence-corrected chi connectivity index (χ0v) is 17.1. The summed E-state index contributed by atoms with van der Waals surface area (Å²) in [6.07, 6.45) is 9.94. The molecule has 0 radical (unpaired) electrons. The highest BCUT2D eigenvalue weighted by Crippen LogP contribution is 2.64. The second-order valence-corrected chi connectivity index (χ2v) is 10.7. The average molecular weight is 378 g/mol. The second-order valence-electron chi connectivity index (χ2n) is 10.7. The van der Waals surface area contributed by atoms with E-state index in [1.165, 1.54) is 25.7 Å². The molecule has 4 nitrogen and oxygen atoms in total. The molecule has 4 N–H and O–H groups in total. The van der Waals surface area contributed by atoms with Gasteiger partial charge in [0.2, 0.25) is 5.91 Å². The molecule has 4 aliphatic rings. The van der Waals surface area contributed by atoms with E-state index in [9.17, 15) is 15.0 Å². The van der Waals surface area contributed by atoms with Crippen LogP contribution in [0.2, 0.25) is 0 Å². The summed E-state index contributed by atoms with van der Waals surface area (Å²) < 4.78 is 0. The molecule has 0 spiro atoms. The summed E-state index contributed by atoms with van der Waals surface area (Å²) in [7, 11) is 0. The third-order valence-electron chi connectivity index (χ3n) is 9.60. The standard InChI is InChI=1S/C23H39NO3/c1-13(3-8-21(24)27)16-4-5-18-17(16)6-7-19-22(18)20(26)12-14-11-15(25)9-10-23(14,19)2/h13-20,22,25-26H,3-12H2,1-2H3,(H2,24,27). The zero-order chi connectivity index (χ0) is 19.3. The normalized spacial score (nSPS) is 50.4. The van der Waals surface area contributed by atoms with Crippen molar-refractivity contribution in [2.24, 2.45) is 52.6 Å². The van der Waals surface area contributed by atoms with Gasteiger partial charge in [0.25, 0.3) is 0 Å². The van der Waals surface area contributed by atoms with Crippen LogP contribution in [0.1, 0.15) is 78.1 Å². The van der Waals surface area contributed by atoms with E-state index in [2.05, 4.69) is 13.8 Å². The van der Waals surface area contributed by atoms with Crippen molar-refractivity contribution in [1.29, 1.82) is 0 Å². The van der Waals surface area contributed by atoms with Crippen LogP contribution in [0.3, 0.4) is 0 Å². The lowest BCUT2D eigenvalue weighted by Gasteiger charge is -2.60. The lowest BCUT2D eigenvalue weighted by atomic mass is 9.46. The van der Waals surface area contributed by atoms with Crippen LogP contribution in [-0.2, 0) is 4.79 Å². The fourth-order valence-corrected chi connectivity index (χ4v) is 8.21. The van der Waals surface area contributed by atoms with E-state index in [1.54, 1.807) is 0 Å². The first kappa shape index (κ1) is 19.7. The van der Waals surface area contributed by atoms with E-state index in [0.29, 0.717) is 47.3 Å². The Morgan fingerprint density at radius 2 is 1.85 bits per heavy atom. The van der Waals surface area contributed by atoms with Crippen molar-refractivity contribution in [2.45, 2.75) is 90.3 Å². The number of hydrogen-bond acceptors (Lipinski definition) is 3. The highest BCUT2D eigenvalue weighted by Gasteiger charge is 2.59. The van der Waals surface area contributed by atoms with Crippen LogP contribution in [-0.4, -0.2) is 28.3 Å². The van der Waals surface area contributed by atoms with Gasteiger partial charge in [0, 0.05) is 6.42 Å². The molecule has 0 heterocycles. The summed E-state index contributed by atoms with van der Waals surface area (Å²) in [5.41, 5.74) is 5.68. The first-order valence-electron chi connectivity index (χ1n) is 11.5. The van der Waals surface area contributed by atoms with Crippen LogP contribution in [0.15, 0.2) is 0 Å². The molecule has 0 aliphatic heterocycles. The van der Waals surface area contributed by atoms with Gasteiger partial charge in [-0.2, -0.15) is 0 Å². The largest absolute Gasteiger partial charge is 0.393 e. The Balaban J connectivity index is 1.50. The Bertz CT molecular complexity index is 566. The summed E-state index contributed by atoms with van der Waals surface area (Å²) in [6.45, 7) is 4.77. The van der Waals surface area contributed by atoms with E-state index in [1.807, 2.05) is 0 Å². The smallest absolute Gasteiger partial charge is 0.217 e. The summed E-state index contributed by atoms with van der Waals surface area (Å²) in [6, 6.07) is 0. The number of carbonyl (C=O) groups is 1. The molecule has 0 aromatic heterocycles. The lowest BCUT2D eigenvalue weighted by molar-refractivity contribution is -0.158. The Morgan fingerprint density at radius 1 is 1.11 bits per heavy atom. The van der Waals surface area contributed by atoms with Gasteiger partial charge in [0.05, 0.1) is 12.2 Å². The molecule has 27 heavy (non-hydrogen) atoms. The zero-order valence-electron chi connectivity index (χ0n) is 17.1. The topological polar surface area (TPSA) is 83.6 Å². The number of nitrogens with two attached hydrogens (primary N) is 1. The molecule has 4 aliphatic carbocycles. The van der Waals surface area contributed by atoms with Gasteiger partial charge >= 0.3 is 0 Å². The fourth-order valence-electron chi connectivity index (χ4n) is 8.21. The molecule has 0 bridgehead atoms. The predicted octanol–water partition coefficient (Wildman–Crippen LogP) is 3.49. The summed E-state index contributed by atoms with van der Waals surface area (Å²) in [4.78, 5) is 11.2. The maximum atomic E-state index is 11.2. The molecular formula is C23H39NO3. The van der Waals surface area contributed by atoms with Crippen molar-refractivity contribution in [1.82, 2.24) is 0 Å². The molecule has 1 amide bonds. The quantitative estimate of drug-likeness (QED) is 0.701. The molecule has 0 aromatic rings. The second kappa shape index (κ2) is 7.33. The molecule has 10 atom stereocenters. The highest BCUT2D eigenvalue weighted by molar-refractivity contribution is 5.73. The lowest BCUT2D eigenvalue weighted by Crippen LogP contribution is -2.56. The van der Waals surface area contributed by atoms with E-state index in [-0.39, 0.29) is 18.1 Å². The van der Waals surface area contributed by atoms with Crippen LogP contribution >= 0.6 is 0 Å². The van der Waals surface area contributed by atoms with Crippen molar-refractivity contribution < 1.29 is 15.0 Å². The van der Waals surface area contributed by atoms with Crippen LogP contribution in [0.4, 0.5) is 0 Å². The Morgan fingerprint density at radius 3 is 2.59 bits per heavy atom. The summed E-state index contributed by atoms with van der Waals surface area (Å²) >= 11 is 0. The number of aliphatic hydroxyl groups excluding tert-OH is 2. The predicted molar refractivity (Wildman–Crippen MR) is 106 cm³/mol. The molecule has 4 fully saturated rings. The number of carbonyl (C=O) groups excluding carboxylic acids is 1. The van der Waals surface area contributed by atoms with Gasteiger partial charge in [0.15, 0.2) is 0 Å². The van der Waals surface area contributed by atoms with E-state index in [0.717, 1.165) is 38.0 Å². The van der Waals surface area contributed by atoms with Crippen LogP contribution in [0, 0.1) is 46.8 Å². The number of hydrogen-bond donors (Lipinski definition) is 3. The minimum Gasteiger partial charge on any atom is -0.393 e. The molecule has 0 saturated heterocycles. The summed E-state index contributed by atoms with van der Waals surface area (Å²) in [5.74, 6) is 4.01. The summed E-state index contributed by atoms with van der Waals surface area (Å²) in [5, 5.41) is 21.3. The molecule has 0 aromatic carbocycles. The van der Waals surface area contributed by atoms with Crippen LogP contribution in [0.25, 0.3) is 0 Å². The Labute approximate surface area is 164 Å². The Hall–Kier alpha value is -0.610. The van der Waals surface area contributed by atoms with E-state index >= 15 is 0 Å². The first-order chi connectivity index (χ1) is 12.8. The van der Waals surface area contributed by atoms with Crippen LogP contribution < -0.4 is 5.73 Å². The Kier molecular flexibility index (Phi) is 5.35. The molecule has 4 saturated carbocycles. The minimum atomic E-state index is -0.189. The van der Waals surface area contributed by atoms with Crippen molar-refractivity contribution in [3.8, 4) is 0 Å². The van der Waals surface area contributed by atoms with Gasteiger partial charge < -0.3 is 15.9 Å². The third kappa shape index (κ3) is 3.35. The van der Waals surface area contributed by atoms with Gasteiger partial charge in [0.1, 0.15) is 0 Å². The number of amides is 1. The molecule has 4 heteroatoms. The van der Waals surface area contributed by atoms with Gasteiger partial charge in [-0.05, 0) is 105 Å². The van der Waals surface area contributed by atoms with Gasteiger partial charge in [-0.15, -0.1) is 0 Å². The molecule has 154 valence electrons. The highest BCUT2D eigenvalue weighted by atomic mass is 16.3.